The minimum absolute atomic E-state index is 0.229. The summed E-state index contributed by atoms with van der Waals surface area (Å²) in [6.45, 7) is 1.55. The Labute approximate surface area is 117 Å². The fourth-order valence-electron chi connectivity index (χ4n) is 2.03. The van der Waals surface area contributed by atoms with E-state index >= 15 is 0 Å². The Kier molecular flexibility index (Phi) is 4.95. The molecule has 0 aliphatic carbocycles. The van der Waals surface area contributed by atoms with Crippen molar-refractivity contribution in [3.8, 4) is 0 Å². The van der Waals surface area contributed by atoms with Crippen LogP contribution in [0.25, 0.3) is 0 Å². The fraction of sp³-hybridized carbons (Fsp3) is 0.429. The molecule has 1 saturated heterocycles. The lowest BCUT2D eigenvalue weighted by Gasteiger charge is -2.31. The standard InChI is InChI=1S/C14H18N2O4/c1-19-13(17)12-9-16(8-7-15-12)14(18)20-10-11-5-3-2-4-6-11/h2-6,12,15H,7-10H2,1H3/t12-/m1/s1. The first-order chi connectivity index (χ1) is 9.70. The van der Waals surface area contributed by atoms with E-state index in [0.717, 1.165) is 5.56 Å². The summed E-state index contributed by atoms with van der Waals surface area (Å²) in [6, 6.07) is 8.98. The second-order valence-corrected chi connectivity index (χ2v) is 4.52. The van der Waals surface area contributed by atoms with Crippen LogP contribution < -0.4 is 5.32 Å². The molecule has 0 radical (unpaired) electrons. The third-order valence-electron chi connectivity index (χ3n) is 3.12. The van der Waals surface area contributed by atoms with E-state index in [9.17, 15) is 9.59 Å². The SMILES string of the molecule is COC(=O)[C@H]1CN(C(=O)OCc2ccccc2)CCN1. The van der Waals surface area contributed by atoms with E-state index < -0.39 is 12.1 Å². The summed E-state index contributed by atoms with van der Waals surface area (Å²) in [5.41, 5.74) is 0.931. The Morgan fingerprint density at radius 3 is 2.80 bits per heavy atom. The number of nitrogens with zero attached hydrogens (tertiary/aromatic N) is 1. The fourth-order valence-corrected chi connectivity index (χ4v) is 2.03. The van der Waals surface area contributed by atoms with Crippen molar-refractivity contribution in [2.24, 2.45) is 0 Å². The molecule has 2 rings (SSSR count). The molecule has 6 nitrogen and oxygen atoms in total. The maximum atomic E-state index is 12.0. The maximum Gasteiger partial charge on any atom is 0.410 e. The minimum atomic E-state index is -0.488. The predicted molar refractivity (Wildman–Crippen MR) is 72.0 cm³/mol. The van der Waals surface area contributed by atoms with E-state index in [0.29, 0.717) is 13.1 Å². The topological polar surface area (TPSA) is 67.9 Å². The van der Waals surface area contributed by atoms with Gasteiger partial charge in [0.2, 0.25) is 0 Å². The molecule has 1 N–H and O–H groups in total. The van der Waals surface area contributed by atoms with Crippen LogP contribution in [0.4, 0.5) is 4.79 Å². The molecular weight excluding hydrogens is 260 g/mol. The van der Waals surface area contributed by atoms with E-state index in [2.05, 4.69) is 10.1 Å². The van der Waals surface area contributed by atoms with Crippen LogP contribution in [-0.4, -0.2) is 49.7 Å². The van der Waals surface area contributed by atoms with Crippen LogP contribution in [0.3, 0.4) is 0 Å². The molecule has 0 spiro atoms. The van der Waals surface area contributed by atoms with Crippen LogP contribution >= 0.6 is 0 Å². The number of hydrogen-bond acceptors (Lipinski definition) is 5. The number of benzene rings is 1. The number of ether oxygens (including phenoxy) is 2. The van der Waals surface area contributed by atoms with Crippen molar-refractivity contribution < 1.29 is 19.1 Å². The third kappa shape index (κ3) is 3.71. The molecule has 0 aromatic heterocycles. The average molecular weight is 278 g/mol. The summed E-state index contributed by atoms with van der Waals surface area (Å²) in [4.78, 5) is 24.9. The third-order valence-corrected chi connectivity index (χ3v) is 3.12. The van der Waals surface area contributed by atoms with Gasteiger partial charge in [0.05, 0.1) is 13.7 Å². The zero-order chi connectivity index (χ0) is 14.4. The number of nitrogens with one attached hydrogen (secondary N) is 1. The van der Waals surface area contributed by atoms with Gasteiger partial charge in [-0.25, -0.2) is 4.79 Å². The quantitative estimate of drug-likeness (QED) is 0.827. The lowest BCUT2D eigenvalue weighted by atomic mass is 10.2. The summed E-state index contributed by atoms with van der Waals surface area (Å²) >= 11 is 0. The molecule has 1 fully saturated rings. The molecule has 1 atom stereocenters. The van der Waals surface area contributed by atoms with Gasteiger partial charge in [0.1, 0.15) is 12.6 Å². The highest BCUT2D eigenvalue weighted by molar-refractivity contribution is 5.77. The van der Waals surface area contributed by atoms with E-state index in [1.165, 1.54) is 12.0 Å². The molecule has 1 heterocycles. The number of esters is 1. The average Bonchev–Trinajstić information content (AvgIpc) is 2.53. The molecule has 1 aromatic rings. The van der Waals surface area contributed by atoms with Crippen LogP contribution in [0, 0.1) is 0 Å². The number of carbonyl (C=O) groups excluding carboxylic acids is 2. The summed E-state index contributed by atoms with van der Waals surface area (Å²) in [5, 5.41) is 3.00. The van der Waals surface area contributed by atoms with Crippen molar-refractivity contribution in [1.29, 1.82) is 0 Å². The van der Waals surface area contributed by atoms with Gasteiger partial charge in [-0.15, -0.1) is 0 Å². The van der Waals surface area contributed by atoms with Crippen LogP contribution in [0.2, 0.25) is 0 Å². The highest BCUT2D eigenvalue weighted by atomic mass is 16.6. The van der Waals surface area contributed by atoms with Crippen molar-refractivity contribution in [2.75, 3.05) is 26.7 Å². The molecule has 20 heavy (non-hydrogen) atoms. The van der Waals surface area contributed by atoms with Crippen molar-refractivity contribution in [2.45, 2.75) is 12.6 Å². The van der Waals surface area contributed by atoms with Crippen LogP contribution in [0.5, 0.6) is 0 Å². The molecule has 0 saturated carbocycles. The second-order valence-electron chi connectivity index (χ2n) is 4.52. The Balaban J connectivity index is 1.84. The number of piperazine rings is 1. The van der Waals surface area contributed by atoms with Crippen LogP contribution in [0.1, 0.15) is 5.56 Å². The molecule has 108 valence electrons. The van der Waals surface area contributed by atoms with Crippen molar-refractivity contribution in [1.82, 2.24) is 10.2 Å². The van der Waals surface area contributed by atoms with E-state index in [4.69, 9.17) is 4.74 Å². The van der Waals surface area contributed by atoms with E-state index in [1.807, 2.05) is 30.3 Å². The number of carbonyl (C=O) groups is 2. The van der Waals surface area contributed by atoms with Crippen molar-refractivity contribution in [3.05, 3.63) is 35.9 Å². The van der Waals surface area contributed by atoms with Crippen molar-refractivity contribution in [3.63, 3.8) is 0 Å². The largest absolute Gasteiger partial charge is 0.468 e. The van der Waals surface area contributed by atoms with Gasteiger partial charge >= 0.3 is 12.1 Å². The van der Waals surface area contributed by atoms with Crippen molar-refractivity contribution >= 4 is 12.1 Å². The Hall–Kier alpha value is -2.08. The highest BCUT2D eigenvalue weighted by Crippen LogP contribution is 2.06. The monoisotopic (exact) mass is 278 g/mol. The summed E-state index contributed by atoms with van der Waals surface area (Å²) in [6.07, 6.45) is -0.413. The first-order valence-electron chi connectivity index (χ1n) is 6.47. The van der Waals surface area contributed by atoms with E-state index in [1.54, 1.807) is 0 Å². The number of methoxy groups -OCH3 is 1. The van der Waals surface area contributed by atoms with Gasteiger partial charge in [-0.1, -0.05) is 30.3 Å². The summed E-state index contributed by atoms with van der Waals surface area (Å²) in [5.74, 6) is -0.370. The molecule has 0 bridgehead atoms. The molecule has 1 amide bonds. The van der Waals surface area contributed by atoms with Gasteiger partial charge in [0, 0.05) is 13.1 Å². The normalized spacial score (nSPS) is 18.4. The summed E-state index contributed by atoms with van der Waals surface area (Å²) < 4.78 is 9.90. The molecular formula is C14H18N2O4. The van der Waals surface area contributed by atoms with Crippen LogP contribution in [0.15, 0.2) is 30.3 Å². The van der Waals surface area contributed by atoms with Gasteiger partial charge in [0.25, 0.3) is 0 Å². The zero-order valence-electron chi connectivity index (χ0n) is 11.4. The second kappa shape index (κ2) is 6.91. The molecule has 0 unspecified atom stereocenters. The van der Waals surface area contributed by atoms with Gasteiger partial charge in [-0.2, -0.15) is 0 Å². The number of hydrogen-bond donors (Lipinski definition) is 1. The van der Waals surface area contributed by atoms with Gasteiger partial charge in [-0.3, -0.25) is 4.79 Å². The number of rotatable bonds is 3. The highest BCUT2D eigenvalue weighted by Gasteiger charge is 2.29. The lowest BCUT2D eigenvalue weighted by molar-refractivity contribution is -0.144. The smallest absolute Gasteiger partial charge is 0.410 e. The number of amides is 1. The molecule has 6 heteroatoms. The summed E-state index contributed by atoms with van der Waals surface area (Å²) in [7, 11) is 1.33. The minimum Gasteiger partial charge on any atom is -0.468 e. The van der Waals surface area contributed by atoms with E-state index in [-0.39, 0.29) is 19.1 Å². The Morgan fingerprint density at radius 1 is 1.35 bits per heavy atom. The van der Waals surface area contributed by atoms with Gasteiger partial charge in [-0.05, 0) is 5.56 Å². The van der Waals surface area contributed by atoms with Gasteiger partial charge in [0.15, 0.2) is 0 Å². The first kappa shape index (κ1) is 14.3. The molecule has 1 aromatic carbocycles. The first-order valence-corrected chi connectivity index (χ1v) is 6.47. The lowest BCUT2D eigenvalue weighted by Crippen LogP contribution is -2.56. The maximum absolute atomic E-state index is 12.0. The van der Waals surface area contributed by atoms with Crippen LogP contribution in [-0.2, 0) is 20.9 Å². The molecule has 1 aliphatic heterocycles. The molecule has 1 aliphatic rings. The van der Waals surface area contributed by atoms with Gasteiger partial charge < -0.3 is 19.7 Å². The zero-order valence-corrected chi connectivity index (χ0v) is 11.4. The Morgan fingerprint density at radius 2 is 2.10 bits per heavy atom. The predicted octanol–water partition coefficient (Wildman–Crippen LogP) is 0.770. The Bertz CT molecular complexity index is 464.